The molecule has 0 aliphatic carbocycles. The van der Waals surface area contributed by atoms with E-state index in [1.54, 1.807) is 13.8 Å². The molecule has 0 aromatic heterocycles. The summed E-state index contributed by atoms with van der Waals surface area (Å²) in [4.78, 5) is 11.3. The van der Waals surface area contributed by atoms with Crippen LogP contribution in [-0.4, -0.2) is 18.6 Å². The van der Waals surface area contributed by atoms with Gasteiger partial charge in [0, 0.05) is 16.2 Å². The minimum Gasteiger partial charge on any atom is -0.466 e. The van der Waals surface area contributed by atoms with Crippen molar-refractivity contribution in [2.24, 2.45) is 0 Å². The molecule has 1 N–H and O–H groups in total. The zero-order valence-corrected chi connectivity index (χ0v) is 12.6. The number of hydrogen-bond acceptors (Lipinski definition) is 3. The molecular formula is C13H15BrF3NO2. The molecule has 112 valence electrons. The fourth-order valence-corrected chi connectivity index (χ4v) is 1.96. The molecule has 0 fully saturated rings. The third kappa shape index (κ3) is 5.03. The molecule has 0 bridgehead atoms. The second-order valence-corrected chi connectivity index (χ2v) is 5.10. The Hall–Kier alpha value is -1.24. The molecule has 0 saturated heterocycles. The van der Waals surface area contributed by atoms with Crippen molar-refractivity contribution in [3.8, 4) is 0 Å². The van der Waals surface area contributed by atoms with E-state index in [2.05, 4.69) is 21.2 Å². The van der Waals surface area contributed by atoms with Crippen LogP contribution in [0.5, 0.6) is 0 Å². The summed E-state index contributed by atoms with van der Waals surface area (Å²) in [6, 6.07) is 2.98. The largest absolute Gasteiger partial charge is 0.466 e. The van der Waals surface area contributed by atoms with Gasteiger partial charge in [0.2, 0.25) is 0 Å². The summed E-state index contributed by atoms with van der Waals surface area (Å²) in [7, 11) is 0. The molecule has 0 heterocycles. The zero-order chi connectivity index (χ0) is 15.3. The molecule has 3 nitrogen and oxygen atoms in total. The van der Waals surface area contributed by atoms with Gasteiger partial charge in [-0.1, -0.05) is 0 Å². The molecule has 20 heavy (non-hydrogen) atoms. The number of hydrogen-bond donors (Lipinski definition) is 1. The van der Waals surface area contributed by atoms with Gasteiger partial charge in [0.05, 0.1) is 18.6 Å². The van der Waals surface area contributed by atoms with Crippen LogP contribution in [0.15, 0.2) is 22.7 Å². The van der Waals surface area contributed by atoms with Crippen molar-refractivity contribution >= 4 is 27.6 Å². The van der Waals surface area contributed by atoms with E-state index in [0.29, 0.717) is 4.47 Å². The Labute approximate surface area is 123 Å². The molecule has 1 unspecified atom stereocenters. The van der Waals surface area contributed by atoms with E-state index in [-0.39, 0.29) is 24.8 Å². The number of carbonyl (C=O) groups excluding carboxylic acids is 1. The van der Waals surface area contributed by atoms with E-state index in [0.717, 1.165) is 12.1 Å². The van der Waals surface area contributed by atoms with Crippen LogP contribution in [-0.2, 0) is 15.7 Å². The molecule has 0 aliphatic heterocycles. The van der Waals surface area contributed by atoms with Gasteiger partial charge in [-0.15, -0.1) is 0 Å². The normalized spacial score (nSPS) is 12.9. The van der Waals surface area contributed by atoms with Crippen molar-refractivity contribution in [3.05, 3.63) is 28.2 Å². The number of halogens is 4. The zero-order valence-electron chi connectivity index (χ0n) is 11.1. The van der Waals surface area contributed by atoms with Crippen LogP contribution in [0.2, 0.25) is 0 Å². The summed E-state index contributed by atoms with van der Waals surface area (Å²) in [5, 5.41) is 2.86. The lowest BCUT2D eigenvalue weighted by molar-refractivity contribution is -0.143. The van der Waals surface area contributed by atoms with Crippen LogP contribution < -0.4 is 5.32 Å². The lowest BCUT2D eigenvalue weighted by Gasteiger charge is -2.17. The topological polar surface area (TPSA) is 38.3 Å². The van der Waals surface area contributed by atoms with Crippen LogP contribution in [0.3, 0.4) is 0 Å². The average Bonchev–Trinajstić information content (AvgIpc) is 2.30. The third-order valence-electron chi connectivity index (χ3n) is 2.47. The number of anilines is 1. The Morgan fingerprint density at radius 2 is 2.10 bits per heavy atom. The van der Waals surface area contributed by atoms with Gasteiger partial charge < -0.3 is 10.1 Å². The maximum Gasteiger partial charge on any atom is 0.416 e. The minimum absolute atomic E-state index is 0.0799. The van der Waals surface area contributed by atoms with Crippen molar-refractivity contribution in [1.29, 1.82) is 0 Å². The maximum absolute atomic E-state index is 12.6. The van der Waals surface area contributed by atoms with Crippen LogP contribution in [0.25, 0.3) is 0 Å². The monoisotopic (exact) mass is 353 g/mol. The number of alkyl halides is 3. The smallest absolute Gasteiger partial charge is 0.416 e. The van der Waals surface area contributed by atoms with Gasteiger partial charge in [-0.3, -0.25) is 4.79 Å². The highest BCUT2D eigenvalue weighted by molar-refractivity contribution is 9.10. The molecule has 0 radical (unpaired) electrons. The van der Waals surface area contributed by atoms with Crippen LogP contribution in [0.1, 0.15) is 25.8 Å². The Morgan fingerprint density at radius 1 is 1.45 bits per heavy atom. The van der Waals surface area contributed by atoms with E-state index in [1.165, 1.54) is 6.07 Å². The number of nitrogens with one attached hydrogen (secondary N) is 1. The van der Waals surface area contributed by atoms with Gasteiger partial charge in [-0.2, -0.15) is 13.2 Å². The molecule has 1 aromatic carbocycles. The lowest BCUT2D eigenvalue weighted by atomic mass is 10.1. The summed E-state index contributed by atoms with van der Waals surface area (Å²) in [5.41, 5.74) is -0.455. The van der Waals surface area contributed by atoms with Gasteiger partial charge in [0.15, 0.2) is 0 Å². The SMILES string of the molecule is CCOC(=O)CC(C)Nc1cc(C(F)(F)F)ccc1Br. The first-order valence-electron chi connectivity index (χ1n) is 6.03. The summed E-state index contributed by atoms with van der Waals surface area (Å²) >= 11 is 3.18. The molecule has 0 amide bonds. The summed E-state index contributed by atoms with van der Waals surface area (Å²) < 4.78 is 43.2. The highest BCUT2D eigenvalue weighted by Gasteiger charge is 2.31. The molecule has 7 heteroatoms. The number of rotatable bonds is 5. The van der Waals surface area contributed by atoms with Crippen molar-refractivity contribution in [2.45, 2.75) is 32.5 Å². The Kier molecular flexibility index (Phi) is 5.86. The number of ether oxygens (including phenoxy) is 1. The van der Waals surface area contributed by atoms with Crippen molar-refractivity contribution in [3.63, 3.8) is 0 Å². The first kappa shape index (κ1) is 16.8. The fraction of sp³-hybridized carbons (Fsp3) is 0.462. The van der Waals surface area contributed by atoms with Crippen LogP contribution in [0.4, 0.5) is 18.9 Å². The number of esters is 1. The van der Waals surface area contributed by atoms with Gasteiger partial charge in [0.25, 0.3) is 0 Å². The number of carbonyl (C=O) groups is 1. The van der Waals surface area contributed by atoms with Gasteiger partial charge in [-0.05, 0) is 48.0 Å². The Bertz CT molecular complexity index is 477. The molecular weight excluding hydrogens is 339 g/mol. The van der Waals surface area contributed by atoms with Crippen molar-refractivity contribution < 1.29 is 22.7 Å². The summed E-state index contributed by atoms with van der Waals surface area (Å²) in [5.74, 6) is -0.393. The van der Waals surface area contributed by atoms with E-state index in [4.69, 9.17) is 4.74 Å². The van der Waals surface area contributed by atoms with E-state index < -0.39 is 17.7 Å². The summed E-state index contributed by atoms with van der Waals surface area (Å²) in [6.07, 6.45) is -4.32. The predicted octanol–water partition coefficient (Wildman–Crippen LogP) is 4.22. The molecule has 0 spiro atoms. The highest BCUT2D eigenvalue weighted by atomic mass is 79.9. The van der Waals surface area contributed by atoms with Gasteiger partial charge >= 0.3 is 12.1 Å². The molecule has 1 aromatic rings. The summed E-state index contributed by atoms with van der Waals surface area (Å²) in [6.45, 7) is 3.67. The van der Waals surface area contributed by atoms with E-state index in [9.17, 15) is 18.0 Å². The number of benzene rings is 1. The Balaban J connectivity index is 2.79. The van der Waals surface area contributed by atoms with Crippen molar-refractivity contribution in [1.82, 2.24) is 0 Å². The fourth-order valence-electron chi connectivity index (χ4n) is 1.60. The average molecular weight is 354 g/mol. The minimum atomic E-state index is -4.40. The van der Waals surface area contributed by atoms with E-state index >= 15 is 0 Å². The molecule has 1 atom stereocenters. The first-order valence-corrected chi connectivity index (χ1v) is 6.82. The molecule has 0 aliphatic rings. The predicted molar refractivity (Wildman–Crippen MR) is 73.5 cm³/mol. The second kappa shape index (κ2) is 6.97. The first-order chi connectivity index (χ1) is 9.24. The maximum atomic E-state index is 12.6. The lowest BCUT2D eigenvalue weighted by Crippen LogP contribution is -2.21. The highest BCUT2D eigenvalue weighted by Crippen LogP contribution is 2.34. The standard InChI is InChI=1S/C13H15BrF3NO2/c1-3-20-12(19)6-8(2)18-11-7-9(13(15,16)17)4-5-10(11)14/h4-5,7-8,18H,3,6H2,1-2H3. The van der Waals surface area contributed by atoms with E-state index in [1.807, 2.05) is 0 Å². The van der Waals surface area contributed by atoms with Gasteiger partial charge in [-0.25, -0.2) is 0 Å². The quantitative estimate of drug-likeness (QED) is 0.805. The molecule has 0 saturated carbocycles. The van der Waals surface area contributed by atoms with Gasteiger partial charge in [0.1, 0.15) is 0 Å². The van der Waals surface area contributed by atoms with Crippen LogP contribution >= 0.6 is 15.9 Å². The van der Waals surface area contributed by atoms with Crippen molar-refractivity contribution in [2.75, 3.05) is 11.9 Å². The third-order valence-corrected chi connectivity index (χ3v) is 3.17. The Morgan fingerprint density at radius 3 is 2.65 bits per heavy atom. The second-order valence-electron chi connectivity index (χ2n) is 4.25. The van der Waals surface area contributed by atoms with Crippen LogP contribution in [0, 0.1) is 0 Å². The molecule has 1 rings (SSSR count).